The minimum absolute atomic E-state index is 0.00707. The topological polar surface area (TPSA) is 203 Å². The standard InChI is InChI=1S/C46H66N14O2/c1-9-13-25-57(26-14-10-2)45(61)33-17-21-35(22-18-33)51-53-41-39(31(5)6)55-59(43(41)47)37-29-38(50-30-49-37)60-44(48)42(40(56-60)32(7)8)54-52-36-23-19-34(20-24-36)46(62)58(27-15-11-3)28-16-12-4/h17-24,29-32,51,53H,9-16,25-28,47-48H2,1-8H3/b54-52+. The van der Waals surface area contributed by atoms with Gasteiger partial charge in [-0.05, 0) is 86.1 Å². The monoisotopic (exact) mass is 847 g/mol. The molecule has 332 valence electrons. The fraction of sp³-hybridized carbons (Fsp3) is 0.478. The van der Waals surface area contributed by atoms with Gasteiger partial charge in [-0.3, -0.25) is 15.0 Å². The highest BCUT2D eigenvalue weighted by Gasteiger charge is 2.24. The quantitative estimate of drug-likeness (QED) is 0.0362. The van der Waals surface area contributed by atoms with Crippen molar-refractivity contribution in [2.75, 3.05) is 48.5 Å². The molecule has 2 amide bonds. The summed E-state index contributed by atoms with van der Waals surface area (Å²) in [6, 6.07) is 16.3. The van der Waals surface area contributed by atoms with E-state index in [1.54, 1.807) is 35.0 Å². The lowest BCUT2D eigenvalue weighted by atomic mass is 10.1. The van der Waals surface area contributed by atoms with Crippen molar-refractivity contribution in [2.45, 2.75) is 119 Å². The molecule has 16 nitrogen and oxygen atoms in total. The molecule has 0 atom stereocenters. The van der Waals surface area contributed by atoms with Crippen molar-refractivity contribution < 1.29 is 9.59 Å². The summed E-state index contributed by atoms with van der Waals surface area (Å²) in [6.45, 7) is 19.6. The number of hydrogen-bond acceptors (Lipinski definition) is 12. The lowest BCUT2D eigenvalue weighted by molar-refractivity contribution is 0.0743. The number of hydrogen-bond donors (Lipinski definition) is 4. The third-order valence-corrected chi connectivity index (χ3v) is 10.6. The maximum absolute atomic E-state index is 13.3. The van der Waals surface area contributed by atoms with Crippen LogP contribution in [0.4, 0.5) is 34.4 Å². The zero-order chi connectivity index (χ0) is 44.8. The Bertz CT molecular complexity index is 2230. The van der Waals surface area contributed by atoms with Crippen LogP contribution in [-0.4, -0.2) is 77.3 Å². The number of aromatic nitrogens is 6. The van der Waals surface area contributed by atoms with Gasteiger partial charge in [0.25, 0.3) is 11.8 Å². The van der Waals surface area contributed by atoms with Gasteiger partial charge >= 0.3 is 0 Å². The van der Waals surface area contributed by atoms with E-state index in [-0.39, 0.29) is 29.5 Å². The van der Waals surface area contributed by atoms with Crippen molar-refractivity contribution in [3.63, 3.8) is 0 Å². The van der Waals surface area contributed by atoms with Gasteiger partial charge in [-0.2, -0.15) is 24.7 Å². The second-order valence-electron chi connectivity index (χ2n) is 16.2. The maximum Gasteiger partial charge on any atom is 0.253 e. The number of amides is 2. The van der Waals surface area contributed by atoms with E-state index < -0.39 is 0 Å². The first kappa shape index (κ1) is 46.7. The van der Waals surface area contributed by atoms with Crippen LogP contribution in [0, 0.1) is 0 Å². The summed E-state index contributed by atoms with van der Waals surface area (Å²) in [7, 11) is 0. The number of nitrogens with two attached hydrogens (primary N) is 2. The molecule has 0 radical (unpaired) electrons. The number of hydrazine groups is 1. The minimum atomic E-state index is -0.0366. The van der Waals surface area contributed by atoms with Crippen LogP contribution in [0.1, 0.15) is 151 Å². The van der Waals surface area contributed by atoms with Crippen LogP contribution in [0.25, 0.3) is 11.6 Å². The van der Waals surface area contributed by atoms with Crippen LogP contribution >= 0.6 is 0 Å². The molecule has 0 saturated carbocycles. The number of carbonyl (C=O) groups is 2. The van der Waals surface area contributed by atoms with Gasteiger partial charge in [-0.25, -0.2) is 9.97 Å². The Morgan fingerprint density at radius 3 is 1.55 bits per heavy atom. The summed E-state index contributed by atoms with van der Waals surface area (Å²) < 4.78 is 3.07. The van der Waals surface area contributed by atoms with E-state index in [0.717, 1.165) is 88.9 Å². The van der Waals surface area contributed by atoms with E-state index >= 15 is 0 Å². The molecule has 5 rings (SSSR count). The van der Waals surface area contributed by atoms with E-state index in [9.17, 15) is 9.59 Å². The lowest BCUT2D eigenvalue weighted by Gasteiger charge is -2.22. The number of nitrogens with zero attached hydrogens (tertiary/aromatic N) is 10. The third-order valence-electron chi connectivity index (χ3n) is 10.6. The first-order valence-corrected chi connectivity index (χ1v) is 22.2. The van der Waals surface area contributed by atoms with Gasteiger partial charge in [0.1, 0.15) is 12.0 Å². The van der Waals surface area contributed by atoms with E-state index in [2.05, 4.69) is 58.7 Å². The number of unbranched alkanes of at least 4 members (excludes halogenated alkanes) is 4. The van der Waals surface area contributed by atoms with Gasteiger partial charge in [-0.15, -0.1) is 5.11 Å². The van der Waals surface area contributed by atoms with Crippen molar-refractivity contribution in [3.8, 4) is 11.6 Å². The minimum Gasteiger partial charge on any atom is -0.382 e. The molecule has 0 aliphatic carbocycles. The molecule has 0 aliphatic rings. The molecule has 0 bridgehead atoms. The highest BCUT2D eigenvalue weighted by Crippen LogP contribution is 2.36. The molecule has 0 fully saturated rings. The van der Waals surface area contributed by atoms with Gasteiger partial charge in [0, 0.05) is 43.4 Å². The molecule has 3 heterocycles. The van der Waals surface area contributed by atoms with Crippen molar-refractivity contribution in [2.24, 2.45) is 10.2 Å². The maximum atomic E-state index is 13.3. The summed E-state index contributed by atoms with van der Waals surface area (Å²) in [4.78, 5) is 39.5. The molecular weight excluding hydrogens is 781 g/mol. The van der Waals surface area contributed by atoms with E-state index in [0.29, 0.717) is 51.3 Å². The van der Waals surface area contributed by atoms with Crippen LogP contribution in [0.2, 0.25) is 0 Å². The first-order valence-electron chi connectivity index (χ1n) is 22.2. The van der Waals surface area contributed by atoms with E-state index in [1.165, 1.54) is 11.0 Å². The Morgan fingerprint density at radius 2 is 1.08 bits per heavy atom. The molecule has 0 saturated heterocycles. The van der Waals surface area contributed by atoms with Crippen LogP contribution in [0.3, 0.4) is 0 Å². The predicted octanol–water partition coefficient (Wildman–Crippen LogP) is 10.2. The molecule has 0 unspecified atom stereocenters. The van der Waals surface area contributed by atoms with Gasteiger partial charge in [-0.1, -0.05) is 81.1 Å². The van der Waals surface area contributed by atoms with Crippen LogP contribution < -0.4 is 22.3 Å². The Hall–Kier alpha value is -6.32. The zero-order valence-electron chi connectivity index (χ0n) is 37.9. The van der Waals surface area contributed by atoms with E-state index in [4.69, 9.17) is 21.7 Å². The number of anilines is 4. The smallest absolute Gasteiger partial charge is 0.253 e. The second-order valence-corrected chi connectivity index (χ2v) is 16.2. The number of nitrogen functional groups attached to an aromatic ring is 2. The average molecular weight is 847 g/mol. The molecule has 16 heteroatoms. The molecule has 0 spiro atoms. The van der Waals surface area contributed by atoms with Crippen LogP contribution in [-0.2, 0) is 0 Å². The fourth-order valence-corrected chi connectivity index (χ4v) is 6.83. The average Bonchev–Trinajstić information content (AvgIpc) is 3.80. The molecule has 3 aromatic heterocycles. The van der Waals surface area contributed by atoms with Crippen molar-refractivity contribution in [1.82, 2.24) is 39.3 Å². The predicted molar refractivity (Wildman–Crippen MR) is 249 cm³/mol. The van der Waals surface area contributed by atoms with Gasteiger partial charge in [0.2, 0.25) is 0 Å². The molecule has 0 aliphatic heterocycles. The van der Waals surface area contributed by atoms with Gasteiger partial charge < -0.3 is 26.7 Å². The van der Waals surface area contributed by atoms with Gasteiger partial charge in [0.05, 0.1) is 22.8 Å². The van der Waals surface area contributed by atoms with Crippen molar-refractivity contribution >= 4 is 46.2 Å². The van der Waals surface area contributed by atoms with E-state index in [1.807, 2.05) is 61.8 Å². The summed E-state index contributed by atoms with van der Waals surface area (Å²) in [5.74, 6) is 1.41. The van der Waals surface area contributed by atoms with Crippen molar-refractivity contribution in [1.29, 1.82) is 0 Å². The number of carbonyl (C=O) groups excluding carboxylic acids is 2. The van der Waals surface area contributed by atoms with Crippen LogP contribution in [0.15, 0.2) is 71.2 Å². The highest BCUT2D eigenvalue weighted by molar-refractivity contribution is 5.95. The summed E-state index contributed by atoms with van der Waals surface area (Å²) in [6.07, 6.45) is 9.44. The largest absolute Gasteiger partial charge is 0.382 e. The SMILES string of the molecule is CCCCN(CCCC)C(=O)c1ccc(/N=N/c2c(C(C)C)nn(-c3cc(-n4nc(C(C)C)c(NNc5ccc(C(=O)N(CCCC)CCCC)cc5)c4N)ncn3)c2N)cc1. The number of azo groups is 1. The number of benzene rings is 2. The summed E-state index contributed by atoms with van der Waals surface area (Å²) in [5, 5.41) is 18.7. The molecule has 62 heavy (non-hydrogen) atoms. The Balaban J connectivity index is 1.35. The Kier molecular flexibility index (Phi) is 17.0. The second kappa shape index (κ2) is 22.5. The Labute approximate surface area is 366 Å². The van der Waals surface area contributed by atoms with Gasteiger partial charge in [0.15, 0.2) is 29.0 Å². The zero-order valence-corrected chi connectivity index (χ0v) is 37.9. The summed E-state index contributed by atoms with van der Waals surface area (Å²) in [5.41, 5.74) is 25.0. The number of rotatable bonds is 23. The summed E-state index contributed by atoms with van der Waals surface area (Å²) >= 11 is 0. The van der Waals surface area contributed by atoms with Crippen molar-refractivity contribution in [3.05, 3.63) is 83.4 Å². The first-order chi connectivity index (χ1) is 29.9. The molecular formula is C46H66N14O2. The highest BCUT2D eigenvalue weighted by atomic mass is 16.2. The molecule has 6 N–H and O–H groups in total. The molecule has 2 aromatic carbocycles. The number of nitrogens with one attached hydrogen (secondary N) is 2. The lowest BCUT2D eigenvalue weighted by Crippen LogP contribution is -2.32. The normalized spacial score (nSPS) is 11.5. The Morgan fingerprint density at radius 1 is 0.629 bits per heavy atom. The fourth-order valence-electron chi connectivity index (χ4n) is 6.83. The molecule has 5 aromatic rings. The van der Waals surface area contributed by atoms with Crippen LogP contribution in [0.5, 0.6) is 0 Å². The third kappa shape index (κ3) is 11.5.